The molecule has 2 aliphatic heterocycles. The summed E-state index contributed by atoms with van der Waals surface area (Å²) in [6.07, 6.45) is 3.39. The normalized spacial score (nSPS) is 19.1. The molecule has 1 N–H and O–H groups in total. The van der Waals surface area contributed by atoms with Crippen molar-refractivity contribution in [2.24, 2.45) is 0 Å². The molecule has 8 nitrogen and oxygen atoms in total. The SMILES string of the molecule is COc1ccc2c(=O)c3c(oc2c1)C(=O)N(CC[NH+]1CCOCC1)[C@@H]3c1cccnc1. The third-order valence-electron chi connectivity index (χ3n) is 6.08. The van der Waals surface area contributed by atoms with Crippen LogP contribution < -0.4 is 15.1 Å². The number of aromatic nitrogens is 1. The van der Waals surface area contributed by atoms with Crippen LogP contribution in [0.4, 0.5) is 0 Å². The van der Waals surface area contributed by atoms with Crippen molar-refractivity contribution in [3.63, 3.8) is 0 Å². The number of pyridine rings is 1. The molecule has 1 aromatic carbocycles. The van der Waals surface area contributed by atoms with Gasteiger partial charge in [0.1, 0.15) is 24.4 Å². The number of morpholine rings is 1. The first-order valence-electron chi connectivity index (χ1n) is 10.4. The molecular weight excluding hydrogens is 398 g/mol. The maximum Gasteiger partial charge on any atom is 0.291 e. The summed E-state index contributed by atoms with van der Waals surface area (Å²) in [5, 5.41) is 0.432. The summed E-state index contributed by atoms with van der Waals surface area (Å²) in [6, 6.07) is 8.25. The minimum atomic E-state index is -0.514. The van der Waals surface area contributed by atoms with Crippen LogP contribution in [-0.2, 0) is 4.74 Å². The average molecular weight is 422 g/mol. The minimum absolute atomic E-state index is 0.108. The molecule has 0 bridgehead atoms. The van der Waals surface area contributed by atoms with Gasteiger partial charge in [-0.15, -0.1) is 0 Å². The van der Waals surface area contributed by atoms with Gasteiger partial charge in [0.2, 0.25) is 5.76 Å². The topological polar surface area (TPSA) is 86.3 Å². The van der Waals surface area contributed by atoms with E-state index in [-0.39, 0.29) is 17.1 Å². The second-order valence-corrected chi connectivity index (χ2v) is 7.84. The summed E-state index contributed by atoms with van der Waals surface area (Å²) in [4.78, 5) is 34.2. The maximum absolute atomic E-state index is 13.5. The number of amides is 1. The van der Waals surface area contributed by atoms with Crippen LogP contribution in [0.5, 0.6) is 5.75 Å². The number of carbonyl (C=O) groups is 1. The Bertz CT molecular complexity index is 1170. The van der Waals surface area contributed by atoms with E-state index >= 15 is 0 Å². The van der Waals surface area contributed by atoms with Crippen LogP contribution in [0, 0.1) is 0 Å². The lowest BCUT2D eigenvalue weighted by molar-refractivity contribution is -0.907. The smallest absolute Gasteiger partial charge is 0.291 e. The average Bonchev–Trinajstić information content (AvgIpc) is 3.10. The lowest BCUT2D eigenvalue weighted by Gasteiger charge is -2.29. The second-order valence-electron chi connectivity index (χ2n) is 7.84. The van der Waals surface area contributed by atoms with Crippen molar-refractivity contribution in [2.75, 3.05) is 46.5 Å². The van der Waals surface area contributed by atoms with Gasteiger partial charge < -0.3 is 23.7 Å². The van der Waals surface area contributed by atoms with Crippen LogP contribution in [0.15, 0.2) is 51.9 Å². The van der Waals surface area contributed by atoms with Gasteiger partial charge in [0, 0.05) is 18.5 Å². The number of fused-ring (bicyclic) bond motifs is 2. The fourth-order valence-electron chi connectivity index (χ4n) is 4.43. The van der Waals surface area contributed by atoms with Crippen molar-refractivity contribution in [3.05, 3.63) is 69.8 Å². The lowest BCUT2D eigenvalue weighted by Crippen LogP contribution is -3.14. The summed E-state index contributed by atoms with van der Waals surface area (Å²) < 4.78 is 16.7. The van der Waals surface area contributed by atoms with Gasteiger partial charge >= 0.3 is 0 Å². The minimum Gasteiger partial charge on any atom is -0.497 e. The molecule has 4 heterocycles. The van der Waals surface area contributed by atoms with E-state index in [9.17, 15) is 9.59 Å². The summed E-state index contributed by atoms with van der Waals surface area (Å²) in [5.74, 6) is 0.410. The first kappa shape index (κ1) is 19.7. The summed E-state index contributed by atoms with van der Waals surface area (Å²) in [7, 11) is 1.55. The standard InChI is InChI=1S/C23H23N3O5/c1-29-16-4-5-17-18(13-16)31-22-19(21(17)27)20(15-3-2-6-24-14-15)26(23(22)28)8-7-25-9-11-30-12-10-25/h2-6,13-14,20H,7-12H2,1H3/p+1/t20-/m1/s1. The molecule has 1 atom stereocenters. The van der Waals surface area contributed by atoms with Gasteiger partial charge in [-0.3, -0.25) is 14.6 Å². The monoisotopic (exact) mass is 422 g/mol. The number of rotatable bonds is 5. The summed E-state index contributed by atoms with van der Waals surface area (Å²) in [5.41, 5.74) is 1.34. The fourth-order valence-corrected chi connectivity index (χ4v) is 4.43. The predicted octanol–water partition coefficient (Wildman–Crippen LogP) is 0.657. The van der Waals surface area contributed by atoms with Crippen LogP contribution in [0.3, 0.4) is 0 Å². The van der Waals surface area contributed by atoms with E-state index in [1.54, 1.807) is 42.6 Å². The van der Waals surface area contributed by atoms with Crippen molar-refractivity contribution >= 4 is 16.9 Å². The Balaban J connectivity index is 1.59. The number of ether oxygens (including phenoxy) is 2. The number of methoxy groups -OCH3 is 1. The number of carbonyl (C=O) groups excluding carboxylic acids is 1. The Morgan fingerprint density at radius 1 is 1.23 bits per heavy atom. The quantitative estimate of drug-likeness (QED) is 0.650. The van der Waals surface area contributed by atoms with Crippen LogP contribution in [0.2, 0.25) is 0 Å². The molecular formula is C23H24N3O5+. The van der Waals surface area contributed by atoms with Crippen molar-refractivity contribution in [3.8, 4) is 5.75 Å². The molecule has 0 radical (unpaired) electrons. The van der Waals surface area contributed by atoms with Crippen LogP contribution in [0.25, 0.3) is 11.0 Å². The van der Waals surface area contributed by atoms with Crippen molar-refractivity contribution in [1.29, 1.82) is 0 Å². The first-order valence-corrected chi connectivity index (χ1v) is 10.4. The van der Waals surface area contributed by atoms with Crippen LogP contribution in [0.1, 0.15) is 27.7 Å². The Kier molecular flexibility index (Phi) is 5.17. The molecule has 8 heteroatoms. The van der Waals surface area contributed by atoms with E-state index < -0.39 is 6.04 Å². The van der Waals surface area contributed by atoms with Gasteiger partial charge in [0.25, 0.3) is 5.91 Å². The molecule has 2 aromatic heterocycles. The van der Waals surface area contributed by atoms with Gasteiger partial charge in [0.15, 0.2) is 5.43 Å². The highest BCUT2D eigenvalue weighted by atomic mass is 16.5. The second kappa shape index (κ2) is 8.13. The van der Waals surface area contributed by atoms with Crippen molar-refractivity contribution < 1.29 is 23.6 Å². The molecule has 0 aliphatic carbocycles. The van der Waals surface area contributed by atoms with Gasteiger partial charge in [-0.05, 0) is 23.8 Å². The molecule has 160 valence electrons. The summed E-state index contributed by atoms with van der Waals surface area (Å²) in [6.45, 7) is 4.56. The van der Waals surface area contributed by atoms with Crippen LogP contribution >= 0.6 is 0 Å². The van der Waals surface area contributed by atoms with E-state index in [1.807, 2.05) is 12.1 Å². The van der Waals surface area contributed by atoms with E-state index in [1.165, 1.54) is 4.90 Å². The van der Waals surface area contributed by atoms with Crippen molar-refractivity contribution in [2.45, 2.75) is 6.04 Å². The fraction of sp³-hybridized carbons (Fsp3) is 0.348. The molecule has 1 fully saturated rings. The summed E-state index contributed by atoms with van der Waals surface area (Å²) >= 11 is 0. The zero-order valence-electron chi connectivity index (χ0n) is 17.3. The van der Waals surface area contributed by atoms with E-state index in [4.69, 9.17) is 13.9 Å². The van der Waals surface area contributed by atoms with E-state index in [0.717, 1.165) is 38.4 Å². The molecule has 2 aliphatic rings. The lowest BCUT2D eigenvalue weighted by atomic mass is 10.00. The number of quaternary nitrogens is 1. The highest BCUT2D eigenvalue weighted by Crippen LogP contribution is 2.37. The van der Waals surface area contributed by atoms with Gasteiger partial charge in [-0.1, -0.05) is 6.07 Å². The largest absolute Gasteiger partial charge is 0.497 e. The number of hydrogen-bond donors (Lipinski definition) is 1. The molecule has 31 heavy (non-hydrogen) atoms. The molecule has 0 unspecified atom stereocenters. The predicted molar refractivity (Wildman–Crippen MR) is 113 cm³/mol. The molecule has 0 spiro atoms. The van der Waals surface area contributed by atoms with Gasteiger partial charge in [0.05, 0.1) is 50.4 Å². The third-order valence-corrected chi connectivity index (χ3v) is 6.08. The van der Waals surface area contributed by atoms with Gasteiger partial charge in [-0.25, -0.2) is 0 Å². The molecule has 1 amide bonds. The van der Waals surface area contributed by atoms with E-state index in [2.05, 4.69) is 4.98 Å². The Labute approximate surface area is 179 Å². The first-order chi connectivity index (χ1) is 15.2. The Morgan fingerprint density at radius 2 is 2.06 bits per heavy atom. The number of nitrogens with one attached hydrogen (secondary N) is 1. The molecule has 5 rings (SSSR count). The Hall–Kier alpha value is -3.23. The number of benzene rings is 1. The number of nitrogens with zero attached hydrogens (tertiary/aromatic N) is 2. The van der Waals surface area contributed by atoms with Crippen molar-refractivity contribution in [1.82, 2.24) is 9.88 Å². The zero-order chi connectivity index (χ0) is 21.4. The maximum atomic E-state index is 13.5. The highest BCUT2D eigenvalue weighted by molar-refractivity contribution is 5.99. The van der Waals surface area contributed by atoms with E-state index in [0.29, 0.717) is 28.8 Å². The molecule has 1 saturated heterocycles. The molecule has 3 aromatic rings. The third kappa shape index (κ3) is 3.47. The highest BCUT2D eigenvalue weighted by Gasteiger charge is 2.43. The number of hydrogen-bond acceptors (Lipinski definition) is 6. The van der Waals surface area contributed by atoms with Gasteiger partial charge in [-0.2, -0.15) is 0 Å². The van der Waals surface area contributed by atoms with Crippen LogP contribution in [-0.4, -0.2) is 62.3 Å². The molecule has 0 saturated carbocycles. The zero-order valence-corrected chi connectivity index (χ0v) is 17.3. The Morgan fingerprint density at radius 3 is 2.81 bits per heavy atom.